The van der Waals surface area contributed by atoms with Crippen LogP contribution in [0, 0.1) is 40.4 Å². The van der Waals surface area contributed by atoms with Gasteiger partial charge in [-0.05, 0) is 93.6 Å². The van der Waals surface area contributed by atoms with Gasteiger partial charge in [-0.25, -0.2) is 12.8 Å². The van der Waals surface area contributed by atoms with Crippen LogP contribution in [-0.4, -0.2) is 20.4 Å². The molecule has 0 aliphatic carbocycles. The van der Waals surface area contributed by atoms with Crippen molar-refractivity contribution >= 4 is 15.9 Å². The molecule has 0 saturated carbocycles. The van der Waals surface area contributed by atoms with E-state index in [0.29, 0.717) is 16.9 Å². The van der Waals surface area contributed by atoms with Gasteiger partial charge in [-0.3, -0.25) is 10.2 Å². The molecule has 0 spiro atoms. The number of sulfonamides is 1. The van der Waals surface area contributed by atoms with Crippen molar-refractivity contribution < 1.29 is 22.3 Å². The summed E-state index contributed by atoms with van der Waals surface area (Å²) >= 11 is 0. The smallest absolute Gasteiger partial charge is 0.275 e. The van der Waals surface area contributed by atoms with Gasteiger partial charge >= 0.3 is 0 Å². The Bertz CT molecular complexity index is 973. The number of hydrogen-bond donors (Lipinski definition) is 2. The van der Waals surface area contributed by atoms with Crippen LogP contribution in [-0.2, 0) is 14.8 Å². The fourth-order valence-electron chi connectivity index (χ4n) is 2.91. The second-order valence-electron chi connectivity index (χ2n) is 6.76. The quantitative estimate of drug-likeness (QED) is 0.719. The summed E-state index contributed by atoms with van der Waals surface area (Å²) in [5.41, 5.74) is 6.28. The Morgan fingerprint density at radius 3 is 1.89 bits per heavy atom. The number of halogens is 1. The lowest BCUT2D eigenvalue weighted by Crippen LogP contribution is -2.47. The van der Waals surface area contributed by atoms with Gasteiger partial charge in [0.25, 0.3) is 15.9 Å². The second kappa shape index (κ2) is 8.28. The highest BCUT2D eigenvalue weighted by Gasteiger charge is 2.25. The largest absolute Gasteiger partial charge is 0.481 e. The number of benzene rings is 2. The molecule has 2 aromatic rings. The number of nitrogens with one attached hydrogen (secondary N) is 2. The van der Waals surface area contributed by atoms with E-state index in [4.69, 9.17) is 4.74 Å². The van der Waals surface area contributed by atoms with Crippen molar-refractivity contribution in [3.63, 3.8) is 0 Å². The van der Waals surface area contributed by atoms with E-state index in [2.05, 4.69) is 10.3 Å². The molecule has 2 aromatic carbocycles. The zero-order chi connectivity index (χ0) is 21.2. The number of amides is 1. The third-order valence-electron chi connectivity index (χ3n) is 5.00. The average molecular weight is 408 g/mol. The van der Waals surface area contributed by atoms with Crippen molar-refractivity contribution in [1.29, 1.82) is 0 Å². The Kier molecular flexibility index (Phi) is 6.46. The first-order chi connectivity index (χ1) is 13.0. The van der Waals surface area contributed by atoms with Crippen LogP contribution in [0.3, 0.4) is 0 Å². The molecule has 0 aliphatic rings. The first-order valence-electron chi connectivity index (χ1n) is 8.76. The van der Waals surface area contributed by atoms with E-state index in [1.54, 1.807) is 13.8 Å². The molecule has 8 heteroatoms. The van der Waals surface area contributed by atoms with Crippen LogP contribution in [0.1, 0.15) is 34.7 Å². The van der Waals surface area contributed by atoms with Crippen molar-refractivity contribution in [1.82, 2.24) is 10.3 Å². The SMILES string of the molecule is Cc1c(C)c(C)c(S(=O)(=O)NNC(=O)[C@H](C)Oc2ccc(F)cc2)c(C)c1C. The number of rotatable bonds is 6. The number of carbonyl (C=O) groups excluding carboxylic acids is 1. The van der Waals surface area contributed by atoms with Crippen molar-refractivity contribution in [2.24, 2.45) is 0 Å². The Morgan fingerprint density at radius 1 is 0.929 bits per heavy atom. The van der Waals surface area contributed by atoms with E-state index in [9.17, 15) is 17.6 Å². The summed E-state index contributed by atoms with van der Waals surface area (Å²) < 4.78 is 43.9. The summed E-state index contributed by atoms with van der Waals surface area (Å²) in [4.78, 5) is 14.5. The number of hydrogen-bond acceptors (Lipinski definition) is 4. The van der Waals surface area contributed by atoms with Crippen molar-refractivity contribution in [3.8, 4) is 5.75 Å². The fourth-order valence-corrected chi connectivity index (χ4v) is 4.36. The van der Waals surface area contributed by atoms with E-state index in [1.807, 2.05) is 20.8 Å². The molecule has 2 N–H and O–H groups in total. The summed E-state index contributed by atoms with van der Waals surface area (Å²) in [5, 5.41) is 0. The maximum Gasteiger partial charge on any atom is 0.275 e. The molecular weight excluding hydrogens is 383 g/mol. The highest BCUT2D eigenvalue weighted by molar-refractivity contribution is 7.89. The minimum absolute atomic E-state index is 0.153. The predicted octanol–water partition coefficient (Wildman–Crippen LogP) is 3.14. The van der Waals surface area contributed by atoms with Crippen molar-refractivity contribution in [2.75, 3.05) is 0 Å². The number of ether oxygens (including phenoxy) is 1. The molecule has 0 saturated heterocycles. The van der Waals surface area contributed by atoms with E-state index >= 15 is 0 Å². The van der Waals surface area contributed by atoms with Crippen LogP contribution in [0.25, 0.3) is 0 Å². The van der Waals surface area contributed by atoms with E-state index in [0.717, 1.165) is 16.7 Å². The van der Waals surface area contributed by atoms with Gasteiger partial charge in [0, 0.05) is 0 Å². The topological polar surface area (TPSA) is 84.5 Å². The summed E-state index contributed by atoms with van der Waals surface area (Å²) in [6.45, 7) is 10.6. The molecule has 0 bridgehead atoms. The monoisotopic (exact) mass is 408 g/mol. The molecule has 0 aromatic heterocycles. The first kappa shape index (κ1) is 21.8. The highest BCUT2D eigenvalue weighted by atomic mass is 32.2. The maximum atomic E-state index is 12.9. The zero-order valence-corrected chi connectivity index (χ0v) is 17.6. The van der Waals surface area contributed by atoms with E-state index in [1.165, 1.54) is 31.2 Å². The molecule has 0 radical (unpaired) electrons. The number of carbonyl (C=O) groups is 1. The van der Waals surface area contributed by atoms with Crippen LogP contribution < -0.4 is 15.0 Å². The number of hydrazine groups is 1. The normalized spacial score (nSPS) is 12.5. The molecule has 1 atom stereocenters. The average Bonchev–Trinajstić information content (AvgIpc) is 2.64. The third-order valence-corrected chi connectivity index (χ3v) is 6.52. The minimum atomic E-state index is -3.98. The lowest BCUT2D eigenvalue weighted by molar-refractivity contribution is -0.127. The van der Waals surface area contributed by atoms with Gasteiger partial charge in [0.05, 0.1) is 4.90 Å². The summed E-state index contributed by atoms with van der Waals surface area (Å²) in [6, 6.07) is 5.17. The van der Waals surface area contributed by atoms with Gasteiger partial charge in [0.15, 0.2) is 6.10 Å². The van der Waals surface area contributed by atoms with Gasteiger partial charge in [0.1, 0.15) is 11.6 Å². The van der Waals surface area contributed by atoms with Crippen LogP contribution in [0.5, 0.6) is 5.75 Å². The Hall–Kier alpha value is -2.45. The zero-order valence-electron chi connectivity index (χ0n) is 16.8. The summed E-state index contributed by atoms with van der Waals surface area (Å²) in [6.07, 6.45) is -0.989. The van der Waals surface area contributed by atoms with Crippen LogP contribution in [0.2, 0.25) is 0 Å². The van der Waals surface area contributed by atoms with Crippen LogP contribution >= 0.6 is 0 Å². The van der Waals surface area contributed by atoms with E-state index < -0.39 is 27.9 Å². The molecule has 6 nitrogen and oxygen atoms in total. The molecular formula is C20H25FN2O4S. The van der Waals surface area contributed by atoms with Gasteiger partial charge in [0.2, 0.25) is 0 Å². The highest BCUT2D eigenvalue weighted by Crippen LogP contribution is 2.29. The molecule has 0 heterocycles. The molecule has 2 rings (SSSR count). The Morgan fingerprint density at radius 2 is 1.39 bits per heavy atom. The Balaban J connectivity index is 2.15. The molecule has 1 amide bonds. The minimum Gasteiger partial charge on any atom is -0.481 e. The van der Waals surface area contributed by atoms with Crippen molar-refractivity contribution in [2.45, 2.75) is 52.5 Å². The van der Waals surface area contributed by atoms with Gasteiger partial charge in [-0.2, -0.15) is 0 Å². The van der Waals surface area contributed by atoms with E-state index in [-0.39, 0.29) is 4.90 Å². The summed E-state index contributed by atoms with van der Waals surface area (Å²) in [7, 11) is -3.98. The Labute approximate surface area is 165 Å². The fraction of sp³-hybridized carbons (Fsp3) is 0.350. The molecule has 0 fully saturated rings. The molecule has 152 valence electrons. The van der Waals surface area contributed by atoms with Crippen LogP contribution in [0.4, 0.5) is 4.39 Å². The first-order valence-corrected chi connectivity index (χ1v) is 10.2. The standard InChI is InChI=1S/C20H25FN2O4S/c1-11-12(2)14(4)19(15(5)13(11)3)28(25,26)23-22-20(24)16(6)27-18-9-7-17(21)8-10-18/h7-10,16,23H,1-6H3,(H,22,24)/t16-/m0/s1. The molecule has 0 unspecified atom stereocenters. The predicted molar refractivity (Wildman–Crippen MR) is 105 cm³/mol. The summed E-state index contributed by atoms with van der Waals surface area (Å²) in [5.74, 6) is -0.807. The van der Waals surface area contributed by atoms with Crippen molar-refractivity contribution in [3.05, 3.63) is 57.9 Å². The third kappa shape index (κ3) is 4.51. The maximum absolute atomic E-state index is 12.9. The van der Waals surface area contributed by atoms with Gasteiger partial charge in [-0.1, -0.05) is 0 Å². The lowest BCUT2D eigenvalue weighted by Gasteiger charge is -2.20. The van der Waals surface area contributed by atoms with Crippen LogP contribution in [0.15, 0.2) is 29.2 Å². The molecule has 28 heavy (non-hydrogen) atoms. The van der Waals surface area contributed by atoms with Gasteiger partial charge < -0.3 is 4.74 Å². The second-order valence-corrected chi connectivity index (χ2v) is 8.38. The lowest BCUT2D eigenvalue weighted by atomic mass is 9.95. The molecule has 0 aliphatic heterocycles. The van der Waals surface area contributed by atoms with Gasteiger partial charge in [-0.15, -0.1) is 4.83 Å².